The van der Waals surface area contributed by atoms with E-state index in [1.165, 1.54) is 0 Å². The Labute approximate surface area is 150 Å². The summed E-state index contributed by atoms with van der Waals surface area (Å²) in [4.78, 5) is 34.2. The topological polar surface area (TPSA) is 75.3 Å². The van der Waals surface area contributed by atoms with Gasteiger partial charge in [0.05, 0.1) is 22.9 Å². The molecule has 4 rings (SSSR count). The molecule has 1 atom stereocenters. The van der Waals surface area contributed by atoms with Crippen molar-refractivity contribution in [3.05, 3.63) is 59.9 Å². The second-order valence-electron chi connectivity index (χ2n) is 6.31. The molecule has 3 aromatic rings. The third kappa shape index (κ3) is 2.83. The minimum atomic E-state index is -0.800. The van der Waals surface area contributed by atoms with E-state index >= 15 is 0 Å². The van der Waals surface area contributed by atoms with Crippen LogP contribution in [0.5, 0.6) is 0 Å². The molecule has 1 unspecified atom stereocenters. The Bertz CT molecular complexity index is 979. The minimum absolute atomic E-state index is 0.173. The molecular weight excluding hydrogens is 330 g/mol. The van der Waals surface area contributed by atoms with Gasteiger partial charge in [-0.05, 0) is 42.7 Å². The van der Waals surface area contributed by atoms with Crippen molar-refractivity contribution < 1.29 is 14.3 Å². The lowest BCUT2D eigenvalue weighted by atomic mass is 10.1. The zero-order valence-electron chi connectivity index (χ0n) is 14.4. The largest absolute Gasteiger partial charge is 0.449 e. The van der Waals surface area contributed by atoms with Crippen LogP contribution in [0, 0.1) is 0 Å². The summed E-state index contributed by atoms with van der Waals surface area (Å²) in [6.45, 7) is 2.46. The highest BCUT2D eigenvalue weighted by Crippen LogP contribution is 2.28. The van der Waals surface area contributed by atoms with Crippen molar-refractivity contribution >= 4 is 28.6 Å². The number of aromatic amines is 1. The maximum Gasteiger partial charge on any atom is 0.338 e. The number of nitrogens with zero attached hydrogens (tertiary/aromatic N) is 2. The van der Waals surface area contributed by atoms with Crippen molar-refractivity contribution in [2.75, 3.05) is 11.4 Å². The lowest BCUT2D eigenvalue weighted by Gasteiger charge is -2.23. The second-order valence-corrected chi connectivity index (χ2v) is 6.31. The maximum absolute atomic E-state index is 12.9. The van der Waals surface area contributed by atoms with Crippen molar-refractivity contribution in [1.29, 1.82) is 0 Å². The van der Waals surface area contributed by atoms with Gasteiger partial charge in [0.25, 0.3) is 5.91 Å². The fourth-order valence-corrected chi connectivity index (χ4v) is 3.31. The van der Waals surface area contributed by atoms with Gasteiger partial charge in [-0.1, -0.05) is 25.1 Å². The predicted molar refractivity (Wildman–Crippen MR) is 98.1 cm³/mol. The summed E-state index contributed by atoms with van der Waals surface area (Å²) in [5.74, 6) is -0.678. The van der Waals surface area contributed by atoms with Crippen molar-refractivity contribution in [1.82, 2.24) is 9.97 Å². The molecule has 0 aliphatic carbocycles. The summed E-state index contributed by atoms with van der Waals surface area (Å²) in [6.07, 6.45) is 2.02. The Balaban J connectivity index is 1.52. The number of ether oxygens (including phenoxy) is 1. The number of imidazole rings is 1. The van der Waals surface area contributed by atoms with Gasteiger partial charge in [0.2, 0.25) is 0 Å². The lowest BCUT2D eigenvalue weighted by Crippen LogP contribution is -2.40. The van der Waals surface area contributed by atoms with Crippen molar-refractivity contribution in [3.8, 4) is 0 Å². The molecule has 1 N–H and O–H groups in total. The molecule has 0 saturated carbocycles. The Kier molecular flexibility index (Phi) is 4.16. The normalized spacial score (nSPS) is 14.3. The molecule has 0 saturated heterocycles. The zero-order chi connectivity index (χ0) is 18.1. The first-order valence-corrected chi connectivity index (χ1v) is 8.70. The first-order valence-electron chi connectivity index (χ1n) is 8.70. The van der Waals surface area contributed by atoms with Crippen molar-refractivity contribution in [2.24, 2.45) is 0 Å². The van der Waals surface area contributed by atoms with E-state index in [1.807, 2.05) is 31.2 Å². The number of rotatable bonds is 4. The molecule has 1 aliphatic rings. The highest BCUT2D eigenvalue weighted by atomic mass is 16.5. The molecule has 1 aromatic heterocycles. The van der Waals surface area contributed by atoms with Crippen LogP contribution in [0.4, 0.5) is 5.69 Å². The molecule has 0 fully saturated rings. The Morgan fingerprint density at radius 2 is 2.12 bits per heavy atom. The molecule has 26 heavy (non-hydrogen) atoms. The number of nitrogens with one attached hydrogen (secondary N) is 1. The number of H-pyrrole nitrogens is 1. The standard InChI is InChI=1S/C20H19N3O3/c1-2-18(19(24)23-10-9-13-5-3-4-6-17(13)23)26-20(25)14-7-8-15-16(11-14)22-12-21-15/h3-8,11-12,18H,2,9-10H2,1H3,(H,21,22). The lowest BCUT2D eigenvalue weighted by molar-refractivity contribution is -0.127. The van der Waals surface area contributed by atoms with Crippen LogP contribution in [0.1, 0.15) is 29.3 Å². The van der Waals surface area contributed by atoms with Gasteiger partial charge in [0.1, 0.15) is 0 Å². The van der Waals surface area contributed by atoms with Crippen LogP contribution in [0.25, 0.3) is 11.0 Å². The van der Waals surface area contributed by atoms with Gasteiger partial charge < -0.3 is 14.6 Å². The molecule has 6 heteroatoms. The number of carbonyl (C=O) groups is 2. The van der Waals surface area contributed by atoms with Crippen LogP contribution >= 0.6 is 0 Å². The van der Waals surface area contributed by atoms with E-state index in [1.54, 1.807) is 29.4 Å². The van der Waals surface area contributed by atoms with E-state index < -0.39 is 12.1 Å². The fourth-order valence-electron chi connectivity index (χ4n) is 3.31. The minimum Gasteiger partial charge on any atom is -0.449 e. The molecule has 6 nitrogen and oxygen atoms in total. The molecule has 0 radical (unpaired) electrons. The summed E-state index contributed by atoms with van der Waals surface area (Å²) in [5, 5.41) is 0. The monoisotopic (exact) mass is 349 g/mol. The van der Waals surface area contributed by atoms with Crippen LogP contribution < -0.4 is 4.90 Å². The average Bonchev–Trinajstić information content (AvgIpc) is 3.31. The Morgan fingerprint density at radius 1 is 1.27 bits per heavy atom. The van der Waals surface area contributed by atoms with Gasteiger partial charge >= 0.3 is 5.97 Å². The maximum atomic E-state index is 12.9. The number of aromatic nitrogens is 2. The van der Waals surface area contributed by atoms with Crippen LogP contribution in [-0.2, 0) is 16.0 Å². The molecule has 0 spiro atoms. The zero-order valence-corrected chi connectivity index (χ0v) is 14.4. The number of anilines is 1. The van der Waals surface area contributed by atoms with Crippen molar-refractivity contribution in [3.63, 3.8) is 0 Å². The van der Waals surface area contributed by atoms with Gasteiger partial charge in [0.15, 0.2) is 6.10 Å². The van der Waals surface area contributed by atoms with Gasteiger partial charge in [-0.3, -0.25) is 4.79 Å². The van der Waals surface area contributed by atoms with E-state index in [0.29, 0.717) is 18.5 Å². The van der Waals surface area contributed by atoms with Gasteiger partial charge in [0, 0.05) is 12.2 Å². The molecule has 1 amide bonds. The highest BCUT2D eigenvalue weighted by Gasteiger charge is 2.31. The highest BCUT2D eigenvalue weighted by molar-refractivity contribution is 6.01. The predicted octanol–water partition coefficient (Wildman–Crippen LogP) is 3.09. The number of para-hydroxylation sites is 1. The number of hydrogen-bond acceptors (Lipinski definition) is 4. The molecule has 132 valence electrons. The summed E-state index contributed by atoms with van der Waals surface area (Å²) in [5.41, 5.74) is 3.98. The first-order chi connectivity index (χ1) is 12.7. The summed E-state index contributed by atoms with van der Waals surface area (Å²) < 4.78 is 5.54. The smallest absolute Gasteiger partial charge is 0.338 e. The number of benzene rings is 2. The van der Waals surface area contributed by atoms with E-state index in [4.69, 9.17) is 4.74 Å². The molecular formula is C20H19N3O3. The van der Waals surface area contributed by atoms with Crippen LogP contribution in [0.3, 0.4) is 0 Å². The van der Waals surface area contributed by atoms with E-state index in [9.17, 15) is 9.59 Å². The number of amides is 1. The van der Waals surface area contributed by atoms with Crippen LogP contribution in [0.15, 0.2) is 48.8 Å². The van der Waals surface area contributed by atoms with E-state index in [2.05, 4.69) is 9.97 Å². The third-order valence-electron chi connectivity index (χ3n) is 4.70. The summed E-state index contributed by atoms with van der Waals surface area (Å²) in [6, 6.07) is 12.9. The number of fused-ring (bicyclic) bond motifs is 2. The molecule has 1 aliphatic heterocycles. The Morgan fingerprint density at radius 3 is 2.96 bits per heavy atom. The summed E-state index contributed by atoms with van der Waals surface area (Å²) >= 11 is 0. The second kappa shape index (κ2) is 6.63. The van der Waals surface area contributed by atoms with Gasteiger partial charge in [-0.2, -0.15) is 0 Å². The first kappa shape index (κ1) is 16.3. The average molecular weight is 349 g/mol. The van der Waals surface area contributed by atoms with Crippen molar-refractivity contribution in [2.45, 2.75) is 25.9 Å². The third-order valence-corrected chi connectivity index (χ3v) is 4.70. The van der Waals surface area contributed by atoms with E-state index in [-0.39, 0.29) is 5.91 Å². The number of hydrogen-bond donors (Lipinski definition) is 1. The quantitative estimate of drug-likeness (QED) is 0.735. The number of carbonyl (C=O) groups excluding carboxylic acids is 2. The fraction of sp³-hybridized carbons (Fsp3) is 0.250. The van der Waals surface area contributed by atoms with Crippen LogP contribution in [-0.4, -0.2) is 34.5 Å². The molecule has 2 aromatic carbocycles. The molecule has 2 heterocycles. The SMILES string of the molecule is CCC(OC(=O)c1ccc2nc[nH]c2c1)C(=O)N1CCc2ccccc21. The van der Waals surface area contributed by atoms with Crippen LogP contribution in [0.2, 0.25) is 0 Å². The van der Waals surface area contributed by atoms with Gasteiger partial charge in [-0.15, -0.1) is 0 Å². The Hall–Kier alpha value is -3.15. The number of esters is 1. The van der Waals surface area contributed by atoms with Gasteiger partial charge in [-0.25, -0.2) is 9.78 Å². The van der Waals surface area contributed by atoms with E-state index in [0.717, 1.165) is 28.7 Å². The summed E-state index contributed by atoms with van der Waals surface area (Å²) in [7, 11) is 0. The molecule has 0 bridgehead atoms.